The van der Waals surface area contributed by atoms with Crippen molar-refractivity contribution in [3.8, 4) is 5.75 Å². The molecule has 2 rings (SSSR count). The average molecular weight is 245 g/mol. The van der Waals surface area contributed by atoms with Crippen LogP contribution in [0.2, 0.25) is 0 Å². The molecular formula is C16H23NO. The van der Waals surface area contributed by atoms with Crippen LogP contribution in [0, 0.1) is 5.92 Å². The van der Waals surface area contributed by atoms with Crippen molar-refractivity contribution in [2.45, 2.75) is 32.2 Å². The summed E-state index contributed by atoms with van der Waals surface area (Å²) >= 11 is 0. The zero-order valence-corrected chi connectivity index (χ0v) is 11.0. The van der Waals surface area contributed by atoms with E-state index in [1.165, 1.54) is 31.2 Å². The predicted octanol–water partition coefficient (Wildman–Crippen LogP) is 3.53. The molecule has 0 saturated heterocycles. The van der Waals surface area contributed by atoms with Crippen LogP contribution in [0.15, 0.2) is 36.9 Å². The minimum atomic E-state index is 0.568. The summed E-state index contributed by atoms with van der Waals surface area (Å²) < 4.78 is 5.45. The third-order valence-corrected chi connectivity index (χ3v) is 3.28. The fraction of sp³-hybridized carbons (Fsp3) is 0.500. The van der Waals surface area contributed by atoms with E-state index in [1.54, 1.807) is 6.08 Å². The number of hydrogen-bond acceptors (Lipinski definition) is 2. The van der Waals surface area contributed by atoms with Crippen LogP contribution in [0.4, 0.5) is 0 Å². The molecule has 0 unspecified atom stereocenters. The first kappa shape index (κ1) is 13.2. The van der Waals surface area contributed by atoms with Gasteiger partial charge in [-0.25, -0.2) is 0 Å². The van der Waals surface area contributed by atoms with Crippen molar-refractivity contribution in [1.82, 2.24) is 5.32 Å². The van der Waals surface area contributed by atoms with Gasteiger partial charge in [-0.1, -0.05) is 37.6 Å². The molecule has 2 nitrogen and oxygen atoms in total. The van der Waals surface area contributed by atoms with Gasteiger partial charge in [-0.15, -0.1) is 0 Å². The molecule has 0 atom stereocenters. The maximum absolute atomic E-state index is 5.45. The lowest BCUT2D eigenvalue weighted by atomic mass is 10.2. The van der Waals surface area contributed by atoms with Gasteiger partial charge in [0, 0.05) is 6.54 Å². The Bertz CT molecular complexity index is 354. The monoisotopic (exact) mass is 245 g/mol. The molecule has 1 saturated carbocycles. The van der Waals surface area contributed by atoms with Crippen LogP contribution >= 0.6 is 0 Å². The van der Waals surface area contributed by atoms with E-state index in [-0.39, 0.29) is 0 Å². The minimum absolute atomic E-state index is 0.568. The van der Waals surface area contributed by atoms with Gasteiger partial charge < -0.3 is 10.1 Å². The highest BCUT2D eigenvalue weighted by atomic mass is 16.5. The topological polar surface area (TPSA) is 21.3 Å². The Hall–Kier alpha value is -1.28. The van der Waals surface area contributed by atoms with Crippen molar-refractivity contribution in [3.63, 3.8) is 0 Å². The predicted molar refractivity (Wildman–Crippen MR) is 75.8 cm³/mol. The lowest BCUT2D eigenvalue weighted by Gasteiger charge is -2.06. The Morgan fingerprint density at radius 1 is 1.28 bits per heavy atom. The highest BCUT2D eigenvalue weighted by Crippen LogP contribution is 2.33. The quantitative estimate of drug-likeness (QED) is 0.531. The van der Waals surface area contributed by atoms with Crippen molar-refractivity contribution in [2.24, 2.45) is 5.92 Å². The van der Waals surface area contributed by atoms with Crippen molar-refractivity contribution in [2.75, 3.05) is 13.2 Å². The summed E-state index contributed by atoms with van der Waals surface area (Å²) in [5.41, 5.74) is 1.31. The fourth-order valence-corrected chi connectivity index (χ4v) is 2.01. The van der Waals surface area contributed by atoms with E-state index in [1.807, 2.05) is 12.1 Å². The van der Waals surface area contributed by atoms with Gasteiger partial charge in [0.25, 0.3) is 0 Å². The van der Waals surface area contributed by atoms with Crippen LogP contribution in [0.3, 0.4) is 0 Å². The van der Waals surface area contributed by atoms with Gasteiger partial charge in [0.1, 0.15) is 12.4 Å². The van der Waals surface area contributed by atoms with Crippen LogP contribution < -0.4 is 10.1 Å². The number of nitrogens with one attached hydrogen (secondary N) is 1. The molecule has 0 aliphatic heterocycles. The van der Waals surface area contributed by atoms with E-state index in [9.17, 15) is 0 Å². The SMILES string of the molecule is C=CCOc1ccc(CNCCCC2CC2)cc1. The summed E-state index contributed by atoms with van der Waals surface area (Å²) in [6.45, 7) is 6.28. The third kappa shape index (κ3) is 4.92. The summed E-state index contributed by atoms with van der Waals surface area (Å²) in [5, 5.41) is 3.49. The zero-order chi connectivity index (χ0) is 12.6. The summed E-state index contributed by atoms with van der Waals surface area (Å²) in [5.74, 6) is 1.96. The summed E-state index contributed by atoms with van der Waals surface area (Å²) in [6.07, 6.45) is 7.40. The van der Waals surface area contributed by atoms with Crippen molar-refractivity contribution < 1.29 is 4.74 Å². The van der Waals surface area contributed by atoms with Crippen LogP contribution in [0.1, 0.15) is 31.2 Å². The maximum Gasteiger partial charge on any atom is 0.119 e. The van der Waals surface area contributed by atoms with Crippen molar-refractivity contribution in [1.29, 1.82) is 0 Å². The van der Waals surface area contributed by atoms with Crippen LogP contribution in [-0.4, -0.2) is 13.2 Å². The molecule has 1 fully saturated rings. The van der Waals surface area contributed by atoms with Gasteiger partial charge in [0.15, 0.2) is 0 Å². The number of ether oxygens (including phenoxy) is 1. The first-order chi connectivity index (χ1) is 8.88. The molecule has 0 radical (unpaired) electrons. The first-order valence-electron chi connectivity index (χ1n) is 6.92. The molecule has 0 heterocycles. The van der Waals surface area contributed by atoms with Gasteiger partial charge in [-0.05, 0) is 43.0 Å². The molecule has 18 heavy (non-hydrogen) atoms. The van der Waals surface area contributed by atoms with E-state index in [2.05, 4.69) is 24.0 Å². The Morgan fingerprint density at radius 3 is 2.72 bits per heavy atom. The number of rotatable bonds is 9. The smallest absolute Gasteiger partial charge is 0.119 e. The standard InChI is InChI=1S/C16H23NO/c1-2-12-18-16-9-7-15(8-10-16)13-17-11-3-4-14-5-6-14/h2,7-10,14,17H,1,3-6,11-13H2. The highest BCUT2D eigenvalue weighted by Gasteiger charge is 2.19. The second kappa shape index (κ2) is 7.22. The molecule has 1 aromatic rings. The Labute approximate surface area is 110 Å². The molecule has 1 aromatic carbocycles. The fourth-order valence-electron chi connectivity index (χ4n) is 2.01. The normalized spacial score (nSPS) is 14.4. The largest absolute Gasteiger partial charge is 0.490 e. The van der Waals surface area contributed by atoms with Gasteiger partial charge in [-0.3, -0.25) is 0 Å². The second-order valence-electron chi connectivity index (χ2n) is 5.01. The van der Waals surface area contributed by atoms with Crippen molar-refractivity contribution in [3.05, 3.63) is 42.5 Å². The van der Waals surface area contributed by atoms with Gasteiger partial charge >= 0.3 is 0 Å². The molecule has 0 amide bonds. The molecule has 2 heteroatoms. The van der Waals surface area contributed by atoms with E-state index in [0.717, 1.165) is 24.8 Å². The second-order valence-corrected chi connectivity index (χ2v) is 5.01. The highest BCUT2D eigenvalue weighted by molar-refractivity contribution is 5.27. The van der Waals surface area contributed by atoms with Crippen molar-refractivity contribution >= 4 is 0 Å². The minimum Gasteiger partial charge on any atom is -0.490 e. The van der Waals surface area contributed by atoms with E-state index >= 15 is 0 Å². The zero-order valence-electron chi connectivity index (χ0n) is 11.0. The summed E-state index contributed by atoms with van der Waals surface area (Å²) in [6, 6.07) is 8.27. The molecule has 0 spiro atoms. The third-order valence-electron chi connectivity index (χ3n) is 3.28. The molecule has 0 bridgehead atoms. The summed E-state index contributed by atoms with van der Waals surface area (Å²) in [4.78, 5) is 0. The Kier molecular flexibility index (Phi) is 5.28. The van der Waals surface area contributed by atoms with Crippen LogP contribution in [-0.2, 0) is 6.54 Å². The summed E-state index contributed by atoms with van der Waals surface area (Å²) in [7, 11) is 0. The van der Waals surface area contributed by atoms with Gasteiger partial charge in [0.2, 0.25) is 0 Å². The molecule has 1 N–H and O–H groups in total. The van der Waals surface area contributed by atoms with E-state index < -0.39 is 0 Å². The lowest BCUT2D eigenvalue weighted by molar-refractivity contribution is 0.363. The maximum atomic E-state index is 5.45. The molecule has 1 aliphatic carbocycles. The van der Waals surface area contributed by atoms with Crippen LogP contribution in [0.25, 0.3) is 0 Å². The Morgan fingerprint density at radius 2 is 2.06 bits per heavy atom. The molecular weight excluding hydrogens is 222 g/mol. The Balaban J connectivity index is 1.60. The van der Waals surface area contributed by atoms with Gasteiger partial charge in [0.05, 0.1) is 0 Å². The molecule has 98 valence electrons. The number of hydrogen-bond donors (Lipinski definition) is 1. The first-order valence-corrected chi connectivity index (χ1v) is 6.92. The van der Waals surface area contributed by atoms with Crippen LogP contribution in [0.5, 0.6) is 5.75 Å². The number of benzene rings is 1. The lowest BCUT2D eigenvalue weighted by Crippen LogP contribution is -2.14. The average Bonchev–Trinajstić information content (AvgIpc) is 3.21. The van der Waals surface area contributed by atoms with Gasteiger partial charge in [-0.2, -0.15) is 0 Å². The molecule has 0 aromatic heterocycles. The van der Waals surface area contributed by atoms with E-state index in [4.69, 9.17) is 4.74 Å². The molecule has 1 aliphatic rings. The van der Waals surface area contributed by atoms with E-state index in [0.29, 0.717) is 6.61 Å².